The summed E-state index contributed by atoms with van der Waals surface area (Å²) in [5.41, 5.74) is 6.59. The number of halogens is 2. The van der Waals surface area contributed by atoms with Crippen LogP contribution >= 0.6 is 27.5 Å². The molecule has 0 bridgehead atoms. The minimum Gasteiger partial charge on any atom is -0.381 e. The van der Waals surface area contributed by atoms with Gasteiger partial charge in [-0.15, -0.1) is 0 Å². The maximum atomic E-state index is 5.96. The first-order valence-corrected chi connectivity index (χ1v) is 7.02. The zero-order valence-corrected chi connectivity index (χ0v) is 13.3. The summed E-state index contributed by atoms with van der Waals surface area (Å²) in [6, 6.07) is 5.90. The van der Waals surface area contributed by atoms with Gasteiger partial charge in [0.2, 0.25) is 0 Å². The molecule has 18 heavy (non-hydrogen) atoms. The Morgan fingerprint density at radius 3 is 2.67 bits per heavy atom. The Morgan fingerprint density at radius 2 is 2.17 bits per heavy atom. The van der Waals surface area contributed by atoms with E-state index in [4.69, 9.17) is 22.1 Å². The number of benzene rings is 1. The van der Waals surface area contributed by atoms with Gasteiger partial charge in [0.05, 0.1) is 10.6 Å². The van der Waals surface area contributed by atoms with E-state index in [2.05, 4.69) is 35.1 Å². The molecule has 0 saturated carbocycles. The van der Waals surface area contributed by atoms with Crippen molar-refractivity contribution in [2.24, 2.45) is 5.73 Å². The Kier molecular flexibility index (Phi) is 5.92. The van der Waals surface area contributed by atoms with Gasteiger partial charge in [0.1, 0.15) is 0 Å². The molecule has 0 spiro atoms. The molecule has 5 heteroatoms. The molecular formula is C13H20BrClN2O. The Bertz CT molecular complexity index is 399. The average molecular weight is 336 g/mol. The van der Waals surface area contributed by atoms with Crippen molar-refractivity contribution in [3.05, 3.63) is 27.7 Å². The third kappa shape index (κ3) is 4.76. The van der Waals surface area contributed by atoms with E-state index < -0.39 is 0 Å². The zero-order chi connectivity index (χ0) is 13.8. The van der Waals surface area contributed by atoms with Crippen LogP contribution < -0.4 is 11.1 Å². The third-order valence-corrected chi connectivity index (χ3v) is 4.08. The molecule has 0 aliphatic rings. The fourth-order valence-electron chi connectivity index (χ4n) is 1.69. The van der Waals surface area contributed by atoms with Crippen molar-refractivity contribution >= 4 is 33.2 Å². The molecule has 0 radical (unpaired) electrons. The van der Waals surface area contributed by atoms with Crippen LogP contribution in [0.15, 0.2) is 22.7 Å². The smallest absolute Gasteiger partial charge is 0.0642 e. The van der Waals surface area contributed by atoms with Gasteiger partial charge in [0.15, 0.2) is 0 Å². The standard InChI is InChI=1S/C13H20BrClN2O/c1-13(2,18-3)7-10(8-16)17-9-4-5-12(15)11(14)6-9/h4-6,10,17H,7-8,16H2,1-3H3. The van der Waals surface area contributed by atoms with Gasteiger partial charge in [0.25, 0.3) is 0 Å². The lowest BCUT2D eigenvalue weighted by Crippen LogP contribution is -2.37. The second kappa shape index (κ2) is 6.75. The number of hydrogen-bond donors (Lipinski definition) is 2. The number of rotatable bonds is 6. The van der Waals surface area contributed by atoms with Crippen molar-refractivity contribution in [3.63, 3.8) is 0 Å². The molecule has 0 saturated heterocycles. The van der Waals surface area contributed by atoms with Crippen LogP contribution in [0.5, 0.6) is 0 Å². The lowest BCUT2D eigenvalue weighted by atomic mass is 9.98. The first-order valence-electron chi connectivity index (χ1n) is 5.85. The summed E-state index contributed by atoms with van der Waals surface area (Å²) in [6.07, 6.45) is 0.834. The van der Waals surface area contributed by atoms with E-state index in [-0.39, 0.29) is 11.6 Å². The molecule has 1 aromatic rings. The van der Waals surface area contributed by atoms with Crippen LogP contribution in [0.25, 0.3) is 0 Å². The average Bonchev–Trinajstić information content (AvgIpc) is 2.33. The summed E-state index contributed by atoms with van der Waals surface area (Å²) in [5, 5.41) is 4.09. The lowest BCUT2D eigenvalue weighted by Gasteiger charge is -2.29. The van der Waals surface area contributed by atoms with E-state index in [0.717, 1.165) is 16.6 Å². The summed E-state index contributed by atoms with van der Waals surface area (Å²) in [6.45, 7) is 4.65. The summed E-state index contributed by atoms with van der Waals surface area (Å²) < 4.78 is 6.30. The van der Waals surface area contributed by atoms with Crippen LogP contribution in [-0.2, 0) is 4.74 Å². The van der Waals surface area contributed by atoms with E-state index in [1.807, 2.05) is 18.2 Å². The maximum absolute atomic E-state index is 5.96. The normalized spacial score (nSPS) is 13.4. The second-order valence-electron chi connectivity index (χ2n) is 4.87. The molecule has 0 aromatic heterocycles. The molecule has 0 amide bonds. The van der Waals surface area contributed by atoms with Crippen molar-refractivity contribution < 1.29 is 4.74 Å². The molecule has 0 fully saturated rings. The van der Waals surface area contributed by atoms with Gasteiger partial charge in [-0.25, -0.2) is 0 Å². The first-order chi connectivity index (χ1) is 8.38. The predicted octanol–water partition coefficient (Wildman–Crippen LogP) is 3.66. The monoisotopic (exact) mass is 334 g/mol. The van der Waals surface area contributed by atoms with E-state index in [1.54, 1.807) is 7.11 Å². The number of hydrogen-bond acceptors (Lipinski definition) is 3. The van der Waals surface area contributed by atoms with Crippen molar-refractivity contribution in [2.45, 2.75) is 31.9 Å². The molecule has 1 aromatic carbocycles. The molecule has 1 unspecified atom stereocenters. The Morgan fingerprint density at radius 1 is 1.50 bits per heavy atom. The van der Waals surface area contributed by atoms with Crippen LogP contribution in [0, 0.1) is 0 Å². The van der Waals surface area contributed by atoms with E-state index in [9.17, 15) is 0 Å². The fraction of sp³-hybridized carbons (Fsp3) is 0.538. The summed E-state index contributed by atoms with van der Waals surface area (Å²) >= 11 is 9.37. The highest BCUT2D eigenvalue weighted by atomic mass is 79.9. The zero-order valence-electron chi connectivity index (χ0n) is 11.0. The molecule has 102 valence electrons. The highest BCUT2D eigenvalue weighted by molar-refractivity contribution is 9.10. The molecule has 3 N–H and O–H groups in total. The molecule has 0 aliphatic carbocycles. The van der Waals surface area contributed by atoms with Gasteiger partial charge in [0, 0.05) is 29.9 Å². The highest BCUT2D eigenvalue weighted by Gasteiger charge is 2.22. The van der Waals surface area contributed by atoms with Crippen LogP contribution in [0.4, 0.5) is 5.69 Å². The number of nitrogens with one attached hydrogen (secondary N) is 1. The summed E-state index contributed by atoms with van der Waals surface area (Å²) in [4.78, 5) is 0. The Labute approximate surface area is 122 Å². The molecule has 0 heterocycles. The van der Waals surface area contributed by atoms with E-state index >= 15 is 0 Å². The molecule has 3 nitrogen and oxygen atoms in total. The van der Waals surface area contributed by atoms with Gasteiger partial charge in [-0.3, -0.25) is 0 Å². The quantitative estimate of drug-likeness (QED) is 0.834. The maximum Gasteiger partial charge on any atom is 0.0642 e. The van der Waals surface area contributed by atoms with Crippen molar-refractivity contribution in [1.82, 2.24) is 0 Å². The van der Waals surface area contributed by atoms with Crippen molar-refractivity contribution in [3.8, 4) is 0 Å². The third-order valence-electron chi connectivity index (χ3n) is 2.87. The van der Waals surface area contributed by atoms with E-state index in [0.29, 0.717) is 11.6 Å². The first kappa shape index (κ1) is 15.8. The largest absolute Gasteiger partial charge is 0.381 e. The van der Waals surface area contributed by atoms with Crippen molar-refractivity contribution in [2.75, 3.05) is 19.0 Å². The topological polar surface area (TPSA) is 47.3 Å². The van der Waals surface area contributed by atoms with Gasteiger partial charge in [-0.05, 0) is 54.4 Å². The number of anilines is 1. The molecule has 0 aliphatic heterocycles. The highest BCUT2D eigenvalue weighted by Crippen LogP contribution is 2.26. The molecule has 1 atom stereocenters. The number of nitrogens with two attached hydrogens (primary N) is 1. The van der Waals surface area contributed by atoms with Gasteiger partial charge >= 0.3 is 0 Å². The SMILES string of the molecule is COC(C)(C)CC(CN)Nc1ccc(Cl)c(Br)c1. The number of ether oxygens (including phenoxy) is 1. The molecular weight excluding hydrogens is 316 g/mol. The minimum absolute atomic E-state index is 0.160. The number of methoxy groups -OCH3 is 1. The van der Waals surface area contributed by atoms with Crippen LogP contribution in [-0.4, -0.2) is 25.3 Å². The van der Waals surface area contributed by atoms with Gasteiger partial charge in [-0.1, -0.05) is 11.6 Å². The predicted molar refractivity (Wildman–Crippen MR) is 81.3 cm³/mol. The van der Waals surface area contributed by atoms with Gasteiger partial charge in [-0.2, -0.15) is 0 Å². The summed E-state index contributed by atoms with van der Waals surface area (Å²) in [7, 11) is 1.71. The van der Waals surface area contributed by atoms with Crippen LogP contribution in [0.2, 0.25) is 5.02 Å². The fourth-order valence-corrected chi connectivity index (χ4v) is 2.19. The van der Waals surface area contributed by atoms with Gasteiger partial charge < -0.3 is 15.8 Å². The summed E-state index contributed by atoms with van der Waals surface area (Å²) in [5.74, 6) is 0. The second-order valence-corrected chi connectivity index (χ2v) is 6.14. The Balaban J connectivity index is 2.71. The minimum atomic E-state index is -0.194. The molecule has 1 rings (SSSR count). The Hall–Kier alpha value is -0.290. The van der Waals surface area contributed by atoms with E-state index in [1.165, 1.54) is 0 Å². The van der Waals surface area contributed by atoms with Crippen LogP contribution in [0.3, 0.4) is 0 Å². The lowest BCUT2D eigenvalue weighted by molar-refractivity contribution is 0.0122. The van der Waals surface area contributed by atoms with Crippen LogP contribution in [0.1, 0.15) is 20.3 Å². The van der Waals surface area contributed by atoms with Crippen molar-refractivity contribution in [1.29, 1.82) is 0 Å².